The van der Waals surface area contributed by atoms with Crippen LogP contribution in [0.15, 0.2) is 6.20 Å². The molecule has 0 aromatic carbocycles. The maximum Gasteiger partial charge on any atom is 0.200 e. The first-order chi connectivity index (χ1) is 5.24. The van der Waals surface area contributed by atoms with E-state index in [1.165, 1.54) is 0 Å². The van der Waals surface area contributed by atoms with Crippen LogP contribution in [0.3, 0.4) is 0 Å². The van der Waals surface area contributed by atoms with Crippen LogP contribution in [0.5, 0.6) is 0 Å². The van der Waals surface area contributed by atoms with Crippen LogP contribution >= 0.6 is 0 Å². The maximum absolute atomic E-state index is 5.51. The lowest BCUT2D eigenvalue weighted by Gasteiger charge is -1.93. The summed E-state index contributed by atoms with van der Waals surface area (Å²) in [7, 11) is 1.86. The Hall–Kier alpha value is -1.03. The number of aromatic nitrogens is 2. The SMILES string of the molecule is CCOCc1cn(C)c(N)n1. The van der Waals surface area contributed by atoms with E-state index in [1.807, 2.05) is 20.2 Å². The van der Waals surface area contributed by atoms with Crippen molar-refractivity contribution in [2.75, 3.05) is 12.3 Å². The van der Waals surface area contributed by atoms with Gasteiger partial charge in [0.2, 0.25) is 0 Å². The highest BCUT2D eigenvalue weighted by Gasteiger charge is 1.99. The molecule has 0 atom stereocenters. The highest BCUT2D eigenvalue weighted by atomic mass is 16.5. The molecule has 62 valence electrons. The second-order valence-electron chi connectivity index (χ2n) is 2.34. The Labute approximate surface area is 66.0 Å². The summed E-state index contributed by atoms with van der Waals surface area (Å²) in [5.41, 5.74) is 6.39. The average Bonchev–Trinajstić information content (AvgIpc) is 2.28. The van der Waals surface area contributed by atoms with Gasteiger partial charge in [-0.25, -0.2) is 4.98 Å². The number of nitrogen functional groups attached to an aromatic ring is 1. The van der Waals surface area contributed by atoms with Crippen LogP contribution in [0.25, 0.3) is 0 Å². The molecule has 0 amide bonds. The second kappa shape index (κ2) is 3.39. The Bertz CT molecular complexity index is 212. The summed E-state index contributed by atoms with van der Waals surface area (Å²) in [6.45, 7) is 3.20. The zero-order valence-corrected chi connectivity index (χ0v) is 6.87. The van der Waals surface area contributed by atoms with Gasteiger partial charge in [-0.3, -0.25) is 0 Å². The van der Waals surface area contributed by atoms with Crippen LogP contribution in [0.2, 0.25) is 0 Å². The van der Waals surface area contributed by atoms with Gasteiger partial charge in [0.05, 0.1) is 12.3 Å². The zero-order valence-electron chi connectivity index (χ0n) is 6.87. The molecule has 1 aromatic rings. The summed E-state index contributed by atoms with van der Waals surface area (Å²) >= 11 is 0. The Morgan fingerprint density at radius 1 is 1.73 bits per heavy atom. The summed E-state index contributed by atoms with van der Waals surface area (Å²) in [6.07, 6.45) is 1.87. The highest BCUT2D eigenvalue weighted by molar-refractivity contribution is 5.20. The van der Waals surface area contributed by atoms with Crippen LogP contribution in [0.1, 0.15) is 12.6 Å². The van der Waals surface area contributed by atoms with Gasteiger partial charge >= 0.3 is 0 Å². The van der Waals surface area contributed by atoms with E-state index >= 15 is 0 Å². The summed E-state index contributed by atoms with van der Waals surface area (Å²) in [5, 5.41) is 0. The van der Waals surface area contributed by atoms with Gasteiger partial charge in [0, 0.05) is 19.9 Å². The maximum atomic E-state index is 5.51. The molecule has 4 nitrogen and oxygen atoms in total. The van der Waals surface area contributed by atoms with Gasteiger partial charge in [-0.15, -0.1) is 0 Å². The lowest BCUT2D eigenvalue weighted by atomic mass is 10.5. The number of imidazole rings is 1. The smallest absolute Gasteiger partial charge is 0.200 e. The van der Waals surface area contributed by atoms with Crippen LogP contribution in [-0.2, 0) is 18.4 Å². The van der Waals surface area contributed by atoms with Crippen molar-refractivity contribution in [3.63, 3.8) is 0 Å². The van der Waals surface area contributed by atoms with Gasteiger partial charge in [-0.2, -0.15) is 0 Å². The fraction of sp³-hybridized carbons (Fsp3) is 0.571. The number of hydrogen-bond acceptors (Lipinski definition) is 3. The number of anilines is 1. The molecule has 1 aromatic heterocycles. The molecule has 0 aliphatic rings. The van der Waals surface area contributed by atoms with E-state index in [9.17, 15) is 0 Å². The van der Waals surface area contributed by atoms with E-state index in [0.717, 1.165) is 5.69 Å². The quantitative estimate of drug-likeness (QED) is 0.693. The molecule has 0 aliphatic heterocycles. The van der Waals surface area contributed by atoms with Gasteiger partial charge in [-0.05, 0) is 6.92 Å². The Morgan fingerprint density at radius 3 is 2.91 bits per heavy atom. The number of rotatable bonds is 3. The lowest BCUT2D eigenvalue weighted by molar-refractivity contribution is 0.131. The predicted octanol–water partition coefficient (Wildman–Crippen LogP) is 0.539. The molecule has 1 rings (SSSR count). The first kappa shape index (κ1) is 8.07. The Kier molecular flexibility index (Phi) is 2.48. The van der Waals surface area contributed by atoms with Gasteiger partial charge in [0.15, 0.2) is 5.95 Å². The third-order valence-corrected chi connectivity index (χ3v) is 1.42. The molecule has 2 N–H and O–H groups in total. The van der Waals surface area contributed by atoms with Gasteiger partial charge in [-0.1, -0.05) is 0 Å². The van der Waals surface area contributed by atoms with E-state index in [0.29, 0.717) is 19.2 Å². The van der Waals surface area contributed by atoms with E-state index in [-0.39, 0.29) is 0 Å². The van der Waals surface area contributed by atoms with Crippen molar-refractivity contribution in [3.05, 3.63) is 11.9 Å². The second-order valence-corrected chi connectivity index (χ2v) is 2.34. The molecule has 11 heavy (non-hydrogen) atoms. The zero-order chi connectivity index (χ0) is 8.27. The Balaban J connectivity index is 2.58. The highest BCUT2D eigenvalue weighted by Crippen LogP contribution is 2.03. The minimum Gasteiger partial charge on any atom is -0.375 e. The summed E-state index contributed by atoms with van der Waals surface area (Å²) in [4.78, 5) is 4.06. The predicted molar refractivity (Wildman–Crippen MR) is 43.0 cm³/mol. The van der Waals surface area contributed by atoms with Gasteiger partial charge < -0.3 is 15.0 Å². The number of nitrogens with zero attached hydrogens (tertiary/aromatic N) is 2. The fourth-order valence-electron chi connectivity index (χ4n) is 0.821. The monoisotopic (exact) mass is 155 g/mol. The van der Waals surface area contributed by atoms with E-state index in [2.05, 4.69) is 4.98 Å². The first-order valence-corrected chi connectivity index (χ1v) is 3.59. The molecule has 0 aliphatic carbocycles. The van der Waals surface area contributed by atoms with Crippen molar-refractivity contribution < 1.29 is 4.74 Å². The summed E-state index contributed by atoms with van der Waals surface area (Å²) in [6, 6.07) is 0. The van der Waals surface area contributed by atoms with E-state index < -0.39 is 0 Å². The summed E-state index contributed by atoms with van der Waals surface area (Å²) < 4.78 is 6.93. The lowest BCUT2D eigenvalue weighted by Crippen LogP contribution is -1.95. The molecule has 0 saturated heterocycles. The molecule has 4 heteroatoms. The molecule has 0 unspecified atom stereocenters. The number of aryl methyl sites for hydroxylation is 1. The minimum atomic E-state index is 0.528. The standard InChI is InChI=1S/C7H13N3O/c1-3-11-5-6-4-10(2)7(8)9-6/h4H,3,5H2,1-2H3,(H2,8,9). The fourth-order valence-corrected chi connectivity index (χ4v) is 0.821. The van der Waals surface area contributed by atoms with Crippen molar-refractivity contribution in [2.45, 2.75) is 13.5 Å². The molecule has 0 saturated carbocycles. The third kappa shape index (κ3) is 1.94. The number of nitrogens with two attached hydrogens (primary N) is 1. The molecular formula is C7H13N3O. The van der Waals surface area contributed by atoms with Gasteiger partial charge in [0.25, 0.3) is 0 Å². The average molecular weight is 155 g/mol. The van der Waals surface area contributed by atoms with E-state index in [4.69, 9.17) is 10.5 Å². The van der Waals surface area contributed by atoms with Crippen molar-refractivity contribution in [3.8, 4) is 0 Å². The molecule has 0 radical (unpaired) electrons. The molecular weight excluding hydrogens is 142 g/mol. The van der Waals surface area contributed by atoms with Crippen LogP contribution in [-0.4, -0.2) is 16.2 Å². The molecule has 1 heterocycles. The van der Waals surface area contributed by atoms with Crippen molar-refractivity contribution in [1.29, 1.82) is 0 Å². The Morgan fingerprint density at radius 2 is 2.45 bits per heavy atom. The van der Waals surface area contributed by atoms with Crippen LogP contribution in [0, 0.1) is 0 Å². The van der Waals surface area contributed by atoms with E-state index in [1.54, 1.807) is 4.57 Å². The third-order valence-electron chi connectivity index (χ3n) is 1.42. The topological polar surface area (TPSA) is 53.1 Å². The van der Waals surface area contributed by atoms with Crippen LogP contribution in [0.4, 0.5) is 5.95 Å². The van der Waals surface area contributed by atoms with Crippen molar-refractivity contribution in [1.82, 2.24) is 9.55 Å². The normalized spacial score (nSPS) is 10.4. The molecule has 0 fully saturated rings. The number of ether oxygens (including phenoxy) is 1. The van der Waals surface area contributed by atoms with Gasteiger partial charge in [0.1, 0.15) is 0 Å². The minimum absolute atomic E-state index is 0.528. The molecule has 0 bridgehead atoms. The number of hydrogen-bond donors (Lipinski definition) is 1. The van der Waals surface area contributed by atoms with Crippen LogP contribution < -0.4 is 5.73 Å². The largest absolute Gasteiger partial charge is 0.375 e. The first-order valence-electron chi connectivity index (χ1n) is 3.59. The summed E-state index contributed by atoms with van der Waals surface area (Å²) in [5.74, 6) is 0.528. The van der Waals surface area contributed by atoms with Crippen molar-refractivity contribution >= 4 is 5.95 Å². The van der Waals surface area contributed by atoms with Crippen molar-refractivity contribution in [2.24, 2.45) is 7.05 Å². The molecule has 0 spiro atoms.